The van der Waals surface area contributed by atoms with Crippen molar-refractivity contribution in [3.05, 3.63) is 56.9 Å². The molecule has 0 radical (unpaired) electrons. The first-order valence-electron chi connectivity index (χ1n) is 16.2. The molecule has 11 nitrogen and oxygen atoms in total. The summed E-state index contributed by atoms with van der Waals surface area (Å²) in [7, 11) is 0. The Labute approximate surface area is 267 Å². The minimum Gasteiger partial charge on any atom is -0.508 e. The number of pyridine rings is 2. The van der Waals surface area contributed by atoms with Crippen LogP contribution in [0.5, 0.6) is 5.75 Å². The van der Waals surface area contributed by atoms with Crippen molar-refractivity contribution in [2.75, 3.05) is 0 Å². The van der Waals surface area contributed by atoms with Crippen molar-refractivity contribution in [2.45, 2.75) is 104 Å². The van der Waals surface area contributed by atoms with Crippen LogP contribution in [0.15, 0.2) is 29.1 Å². The van der Waals surface area contributed by atoms with Crippen LogP contribution >= 0.6 is 0 Å². The van der Waals surface area contributed by atoms with E-state index in [2.05, 4.69) is 0 Å². The summed E-state index contributed by atoms with van der Waals surface area (Å²) in [6.45, 7) is 7.42. The monoisotopic (exact) mass is 634 g/mol. The van der Waals surface area contributed by atoms with Gasteiger partial charge in [0, 0.05) is 34.8 Å². The van der Waals surface area contributed by atoms with Crippen LogP contribution in [0.4, 0.5) is 0 Å². The SMILES string of the molecule is CCCCC(C(O)O)C(CC)C(=O)CCC(=O)OC1(CC)C(=O)OCc2c1cc1n(c2=O)Cc2c-1nc1ccc(O)cc1c2CC. The Morgan fingerprint density at radius 3 is 2.50 bits per heavy atom. The number of cyclic esters (lactones) is 1. The van der Waals surface area contributed by atoms with E-state index in [1.807, 2.05) is 13.8 Å². The summed E-state index contributed by atoms with van der Waals surface area (Å²) < 4.78 is 12.9. The number of esters is 2. The molecule has 3 N–H and O–H groups in total. The second-order valence-electron chi connectivity index (χ2n) is 12.2. The molecule has 11 heteroatoms. The fraction of sp³-hybridized carbons (Fsp3) is 0.514. The van der Waals surface area contributed by atoms with Crippen LogP contribution in [0.2, 0.25) is 0 Å². The zero-order valence-corrected chi connectivity index (χ0v) is 26.8. The van der Waals surface area contributed by atoms with Gasteiger partial charge in [0.2, 0.25) is 5.60 Å². The summed E-state index contributed by atoms with van der Waals surface area (Å²) in [6, 6.07) is 6.63. The highest BCUT2D eigenvalue weighted by Gasteiger charge is 2.50. The number of hydrogen-bond acceptors (Lipinski definition) is 10. The predicted octanol–water partition coefficient (Wildman–Crippen LogP) is 4.39. The van der Waals surface area contributed by atoms with E-state index in [4.69, 9.17) is 14.5 Å². The van der Waals surface area contributed by atoms with Gasteiger partial charge in [-0.05, 0) is 55.5 Å². The van der Waals surface area contributed by atoms with Gasteiger partial charge in [0.1, 0.15) is 18.1 Å². The first-order valence-corrected chi connectivity index (χ1v) is 16.2. The second kappa shape index (κ2) is 13.3. The van der Waals surface area contributed by atoms with Crippen LogP contribution in [0, 0.1) is 11.8 Å². The molecule has 0 fully saturated rings. The Hall–Kier alpha value is -4.09. The Morgan fingerprint density at radius 2 is 1.85 bits per heavy atom. The third kappa shape index (κ3) is 5.71. The van der Waals surface area contributed by atoms with E-state index in [0.29, 0.717) is 36.2 Å². The number of carbonyl (C=O) groups is 3. The molecule has 0 aliphatic carbocycles. The average Bonchev–Trinajstić information content (AvgIpc) is 3.40. The predicted molar refractivity (Wildman–Crippen MR) is 169 cm³/mol. The number of aryl methyl sites for hydroxylation is 1. The number of fused-ring (bicyclic) bond motifs is 5. The van der Waals surface area contributed by atoms with Crippen LogP contribution < -0.4 is 5.56 Å². The van der Waals surface area contributed by atoms with E-state index in [1.54, 1.807) is 42.7 Å². The van der Waals surface area contributed by atoms with Crippen molar-refractivity contribution in [3.8, 4) is 17.1 Å². The number of ketones is 1. The maximum atomic E-state index is 13.9. The molecule has 0 spiro atoms. The van der Waals surface area contributed by atoms with Crippen LogP contribution in [0.25, 0.3) is 22.3 Å². The fourth-order valence-electron chi connectivity index (χ4n) is 7.13. The highest BCUT2D eigenvalue weighted by atomic mass is 16.6. The Balaban J connectivity index is 1.47. The van der Waals surface area contributed by atoms with Crippen molar-refractivity contribution in [2.24, 2.45) is 11.8 Å². The van der Waals surface area contributed by atoms with Gasteiger partial charge >= 0.3 is 11.9 Å². The molecule has 0 bridgehead atoms. The number of phenolic OH excluding ortho intramolecular Hbond substituents is 1. The number of nitrogens with zero attached hydrogens (tertiary/aromatic N) is 2. The number of phenols is 1. The lowest BCUT2D eigenvalue weighted by molar-refractivity contribution is -0.189. The summed E-state index contributed by atoms with van der Waals surface area (Å²) in [6.07, 6.45) is 0.897. The molecule has 246 valence electrons. The third-order valence-corrected chi connectivity index (χ3v) is 9.62. The van der Waals surface area contributed by atoms with Gasteiger partial charge in [-0.1, -0.05) is 40.5 Å². The molecule has 1 aromatic carbocycles. The second-order valence-corrected chi connectivity index (χ2v) is 12.2. The molecule has 3 aromatic rings. The Kier molecular flexibility index (Phi) is 9.65. The largest absolute Gasteiger partial charge is 0.508 e. The average molecular weight is 635 g/mol. The quantitative estimate of drug-likeness (QED) is 0.142. The van der Waals surface area contributed by atoms with E-state index in [1.165, 1.54) is 0 Å². The standard InChI is InChI=1S/C35H42N2O9/c1-5-9-10-22(33(42)43)21(7-3)29(39)13-14-30(40)46-35(8-4)26-16-28-31-24(17-37(28)32(41)25(26)18-45-34(35)44)20(6-2)23-15-19(38)11-12-27(23)36-31/h11-12,15-16,21-22,33,38,42-43H,5-10,13-14,17-18H2,1-4H3. The summed E-state index contributed by atoms with van der Waals surface area (Å²) in [5.74, 6) is -3.04. The van der Waals surface area contributed by atoms with Gasteiger partial charge in [-0.3, -0.25) is 14.4 Å². The molecule has 2 aliphatic heterocycles. The zero-order valence-electron chi connectivity index (χ0n) is 26.8. The van der Waals surface area contributed by atoms with E-state index in [0.717, 1.165) is 29.4 Å². The van der Waals surface area contributed by atoms with Gasteiger partial charge in [-0.2, -0.15) is 0 Å². The highest BCUT2D eigenvalue weighted by molar-refractivity contribution is 5.91. The van der Waals surface area contributed by atoms with Gasteiger partial charge in [-0.15, -0.1) is 0 Å². The van der Waals surface area contributed by atoms with Crippen molar-refractivity contribution >= 4 is 28.6 Å². The lowest BCUT2D eigenvalue weighted by Crippen LogP contribution is -2.47. The number of aromatic nitrogens is 2. The maximum absolute atomic E-state index is 13.9. The molecule has 5 rings (SSSR count). The van der Waals surface area contributed by atoms with Crippen LogP contribution in [-0.4, -0.2) is 48.9 Å². The number of rotatable bonds is 13. The van der Waals surface area contributed by atoms with Gasteiger partial charge < -0.3 is 29.4 Å². The number of unbranched alkanes of at least 4 members (excludes halogenated alkanes) is 1. The normalized spacial score (nSPS) is 18.1. The molecule has 2 aliphatic rings. The number of carbonyl (C=O) groups excluding carboxylic acids is 3. The minimum absolute atomic E-state index is 0.00765. The highest BCUT2D eigenvalue weighted by Crippen LogP contribution is 2.42. The minimum atomic E-state index is -1.89. The number of aromatic hydroxyl groups is 1. The van der Waals surface area contributed by atoms with Crippen LogP contribution in [-0.2, 0) is 49.0 Å². The Bertz CT molecular complexity index is 1740. The number of aliphatic hydroxyl groups is 2. The molecular weight excluding hydrogens is 592 g/mol. The van der Waals surface area contributed by atoms with Gasteiger partial charge in [0.05, 0.1) is 35.4 Å². The molecule has 46 heavy (non-hydrogen) atoms. The summed E-state index contributed by atoms with van der Waals surface area (Å²) in [5, 5.41) is 30.8. The molecule has 2 aromatic heterocycles. The molecular formula is C35H42N2O9. The summed E-state index contributed by atoms with van der Waals surface area (Å²) >= 11 is 0. The number of aliphatic hydroxyl groups excluding tert-OH is 1. The number of benzene rings is 1. The smallest absolute Gasteiger partial charge is 0.355 e. The van der Waals surface area contributed by atoms with Crippen LogP contribution in [0.3, 0.4) is 0 Å². The van der Waals surface area contributed by atoms with E-state index < -0.39 is 35.7 Å². The molecule has 0 amide bonds. The van der Waals surface area contributed by atoms with Gasteiger partial charge in [0.15, 0.2) is 6.29 Å². The van der Waals surface area contributed by atoms with Crippen molar-refractivity contribution in [1.29, 1.82) is 0 Å². The van der Waals surface area contributed by atoms with Gasteiger partial charge in [0.25, 0.3) is 5.56 Å². The maximum Gasteiger partial charge on any atom is 0.355 e. The summed E-state index contributed by atoms with van der Waals surface area (Å²) in [5.41, 5.74) is 1.73. The molecule has 3 atom stereocenters. The topological polar surface area (TPSA) is 165 Å². The van der Waals surface area contributed by atoms with Crippen molar-refractivity contribution < 1.29 is 39.2 Å². The molecule has 4 heterocycles. The lowest BCUT2D eigenvalue weighted by atomic mass is 9.81. The first-order chi connectivity index (χ1) is 22.0. The molecule has 3 unspecified atom stereocenters. The molecule has 0 saturated heterocycles. The van der Waals surface area contributed by atoms with Crippen molar-refractivity contribution in [3.63, 3.8) is 0 Å². The lowest BCUT2D eigenvalue weighted by Gasteiger charge is -2.35. The van der Waals surface area contributed by atoms with E-state index in [9.17, 15) is 34.5 Å². The molecule has 0 saturated carbocycles. The van der Waals surface area contributed by atoms with E-state index >= 15 is 0 Å². The van der Waals surface area contributed by atoms with E-state index in [-0.39, 0.29) is 60.6 Å². The Morgan fingerprint density at radius 1 is 1.09 bits per heavy atom. The number of Topliss-reactive ketones (excluding diaryl/α,β-unsaturated/α-hetero) is 1. The fourth-order valence-corrected chi connectivity index (χ4v) is 7.13. The third-order valence-electron chi connectivity index (χ3n) is 9.62. The van der Waals surface area contributed by atoms with Crippen molar-refractivity contribution in [1.82, 2.24) is 9.55 Å². The summed E-state index contributed by atoms with van der Waals surface area (Å²) in [4.78, 5) is 58.6. The first kappa shape index (κ1) is 33.3. The van der Waals surface area contributed by atoms with Crippen LogP contribution in [0.1, 0.15) is 94.9 Å². The van der Waals surface area contributed by atoms with Gasteiger partial charge in [-0.25, -0.2) is 9.78 Å². The number of hydrogen-bond donors (Lipinski definition) is 3. The number of ether oxygens (including phenoxy) is 2. The zero-order chi connectivity index (χ0) is 33.3.